The number of benzene rings is 1. The summed E-state index contributed by atoms with van der Waals surface area (Å²) in [6, 6.07) is 5.58. The van der Waals surface area contributed by atoms with Crippen LogP contribution in [0.2, 0.25) is 0 Å². The lowest BCUT2D eigenvalue weighted by Crippen LogP contribution is -2.44. The van der Waals surface area contributed by atoms with E-state index in [0.717, 1.165) is 24.2 Å². The van der Waals surface area contributed by atoms with Crippen LogP contribution in [0.3, 0.4) is 0 Å². The van der Waals surface area contributed by atoms with Gasteiger partial charge in [-0.1, -0.05) is 54.0 Å². The average molecular weight is 346 g/mol. The number of hydrogen-bond acceptors (Lipinski definition) is 4. The van der Waals surface area contributed by atoms with Crippen molar-refractivity contribution in [3.05, 3.63) is 29.8 Å². The van der Waals surface area contributed by atoms with Crippen LogP contribution in [0, 0.1) is 10.8 Å². The van der Waals surface area contributed by atoms with Gasteiger partial charge >= 0.3 is 5.97 Å². The first kappa shape index (κ1) is 19.4. The van der Waals surface area contributed by atoms with Gasteiger partial charge in [0, 0.05) is 11.5 Å². The van der Waals surface area contributed by atoms with Crippen LogP contribution in [0.1, 0.15) is 59.9 Å². The van der Waals surface area contributed by atoms with Crippen molar-refractivity contribution in [2.24, 2.45) is 10.8 Å². The van der Waals surface area contributed by atoms with E-state index < -0.39 is 0 Å². The zero-order valence-electron chi connectivity index (χ0n) is 16.2. The van der Waals surface area contributed by atoms with Crippen molar-refractivity contribution in [1.29, 1.82) is 0 Å². The van der Waals surface area contributed by atoms with E-state index in [1.165, 1.54) is 6.08 Å². The van der Waals surface area contributed by atoms with Gasteiger partial charge in [0.2, 0.25) is 6.79 Å². The molecule has 1 atom stereocenters. The molecule has 0 radical (unpaired) electrons. The van der Waals surface area contributed by atoms with Crippen molar-refractivity contribution < 1.29 is 19.0 Å². The third-order valence-electron chi connectivity index (χ3n) is 5.87. The maximum atomic E-state index is 12.3. The SMILES string of the molecule is CCC(OC(=O)/C=C/c1ccc2c(c1)OCO2)C(C)(C)C(C)(C)CC. The van der Waals surface area contributed by atoms with Crippen LogP contribution in [-0.4, -0.2) is 18.9 Å². The fourth-order valence-corrected chi connectivity index (χ4v) is 2.99. The van der Waals surface area contributed by atoms with Crippen LogP contribution >= 0.6 is 0 Å². The van der Waals surface area contributed by atoms with Crippen molar-refractivity contribution in [3.63, 3.8) is 0 Å². The summed E-state index contributed by atoms with van der Waals surface area (Å²) in [7, 11) is 0. The largest absolute Gasteiger partial charge is 0.459 e. The lowest BCUT2D eigenvalue weighted by Gasteiger charge is -2.45. The van der Waals surface area contributed by atoms with Gasteiger partial charge < -0.3 is 14.2 Å². The second kappa shape index (κ2) is 7.51. The molecule has 2 rings (SSSR count). The summed E-state index contributed by atoms with van der Waals surface area (Å²) in [6.07, 6.45) is 4.92. The van der Waals surface area contributed by atoms with E-state index in [4.69, 9.17) is 14.2 Å². The molecule has 0 amide bonds. The number of rotatable bonds is 7. The number of hydrogen-bond donors (Lipinski definition) is 0. The number of esters is 1. The quantitative estimate of drug-likeness (QED) is 0.502. The van der Waals surface area contributed by atoms with Crippen LogP contribution in [-0.2, 0) is 9.53 Å². The lowest BCUT2D eigenvalue weighted by atomic mass is 9.63. The predicted octanol–water partition coefficient (Wildman–Crippen LogP) is 5.21. The van der Waals surface area contributed by atoms with E-state index in [0.29, 0.717) is 5.75 Å². The summed E-state index contributed by atoms with van der Waals surface area (Å²) in [4.78, 5) is 12.3. The Morgan fingerprint density at radius 2 is 1.88 bits per heavy atom. The summed E-state index contributed by atoms with van der Waals surface area (Å²) in [5.74, 6) is 1.12. The average Bonchev–Trinajstić information content (AvgIpc) is 3.05. The fraction of sp³-hybridized carbons (Fsp3) is 0.571. The zero-order chi connectivity index (χ0) is 18.7. The van der Waals surface area contributed by atoms with E-state index in [1.54, 1.807) is 6.08 Å². The first-order valence-electron chi connectivity index (χ1n) is 8.99. The summed E-state index contributed by atoms with van der Waals surface area (Å²) >= 11 is 0. The second-order valence-electron chi connectivity index (χ2n) is 7.74. The van der Waals surface area contributed by atoms with Crippen LogP contribution in [0.15, 0.2) is 24.3 Å². The molecular formula is C21H30O4. The minimum atomic E-state index is -0.315. The van der Waals surface area contributed by atoms with E-state index in [9.17, 15) is 4.79 Å². The van der Waals surface area contributed by atoms with Gasteiger partial charge in [0.1, 0.15) is 6.10 Å². The Balaban J connectivity index is 2.05. The minimum absolute atomic E-state index is 0.0784. The van der Waals surface area contributed by atoms with E-state index in [-0.39, 0.29) is 29.7 Å². The summed E-state index contributed by atoms with van der Waals surface area (Å²) < 4.78 is 16.4. The van der Waals surface area contributed by atoms with Crippen LogP contribution in [0.25, 0.3) is 6.08 Å². The maximum Gasteiger partial charge on any atom is 0.331 e. The van der Waals surface area contributed by atoms with Crippen molar-refractivity contribution in [2.45, 2.75) is 60.5 Å². The zero-order valence-corrected chi connectivity index (χ0v) is 16.2. The van der Waals surface area contributed by atoms with Gasteiger partial charge in [-0.25, -0.2) is 4.79 Å². The molecule has 0 saturated carbocycles. The normalized spacial score (nSPS) is 15.4. The molecule has 0 spiro atoms. The highest BCUT2D eigenvalue weighted by Crippen LogP contribution is 2.45. The number of ether oxygens (including phenoxy) is 3. The summed E-state index contributed by atoms with van der Waals surface area (Å²) in [6.45, 7) is 13.3. The predicted molar refractivity (Wildman–Crippen MR) is 99.6 cm³/mol. The number of carbonyl (C=O) groups is 1. The van der Waals surface area contributed by atoms with Crippen LogP contribution in [0.5, 0.6) is 11.5 Å². The van der Waals surface area contributed by atoms with Gasteiger partial charge in [-0.15, -0.1) is 0 Å². The molecule has 0 saturated heterocycles. The molecule has 1 unspecified atom stereocenters. The third-order valence-corrected chi connectivity index (χ3v) is 5.87. The highest BCUT2D eigenvalue weighted by atomic mass is 16.7. The molecule has 1 aromatic rings. The van der Waals surface area contributed by atoms with Gasteiger partial charge in [-0.05, 0) is 35.6 Å². The summed E-state index contributed by atoms with van der Waals surface area (Å²) in [5, 5.41) is 0. The van der Waals surface area contributed by atoms with Crippen molar-refractivity contribution in [3.8, 4) is 11.5 Å². The Bertz CT molecular complexity index is 643. The molecule has 0 N–H and O–H groups in total. The highest BCUT2D eigenvalue weighted by molar-refractivity contribution is 5.87. The Morgan fingerprint density at radius 1 is 1.20 bits per heavy atom. The van der Waals surface area contributed by atoms with E-state index in [2.05, 4.69) is 41.5 Å². The lowest BCUT2D eigenvalue weighted by molar-refractivity contribution is -0.155. The van der Waals surface area contributed by atoms with Crippen molar-refractivity contribution >= 4 is 12.0 Å². The minimum Gasteiger partial charge on any atom is -0.459 e. The summed E-state index contributed by atoms with van der Waals surface area (Å²) in [5.41, 5.74) is 0.843. The number of fused-ring (bicyclic) bond motifs is 1. The highest BCUT2D eigenvalue weighted by Gasteiger charge is 2.43. The second-order valence-corrected chi connectivity index (χ2v) is 7.74. The molecule has 4 nitrogen and oxygen atoms in total. The molecule has 1 aromatic carbocycles. The molecule has 1 aliphatic heterocycles. The Labute approximate surface area is 151 Å². The number of carbonyl (C=O) groups excluding carboxylic acids is 1. The molecule has 0 fully saturated rings. The molecule has 0 aromatic heterocycles. The van der Waals surface area contributed by atoms with Gasteiger partial charge in [0.25, 0.3) is 0 Å². The van der Waals surface area contributed by atoms with E-state index in [1.807, 2.05) is 18.2 Å². The third kappa shape index (κ3) is 4.17. The Hall–Kier alpha value is -1.97. The molecule has 138 valence electrons. The van der Waals surface area contributed by atoms with Gasteiger partial charge in [-0.2, -0.15) is 0 Å². The van der Waals surface area contributed by atoms with Gasteiger partial charge in [0.05, 0.1) is 0 Å². The Morgan fingerprint density at radius 3 is 2.52 bits per heavy atom. The van der Waals surface area contributed by atoms with Gasteiger partial charge in [-0.3, -0.25) is 0 Å². The molecule has 4 heteroatoms. The maximum absolute atomic E-state index is 12.3. The first-order valence-corrected chi connectivity index (χ1v) is 8.99. The smallest absolute Gasteiger partial charge is 0.331 e. The van der Waals surface area contributed by atoms with Crippen LogP contribution < -0.4 is 9.47 Å². The topological polar surface area (TPSA) is 44.8 Å². The van der Waals surface area contributed by atoms with Crippen molar-refractivity contribution in [1.82, 2.24) is 0 Å². The molecule has 25 heavy (non-hydrogen) atoms. The first-order chi connectivity index (χ1) is 11.7. The van der Waals surface area contributed by atoms with E-state index >= 15 is 0 Å². The standard InChI is InChI=1S/C21H30O4/c1-7-18(21(5,6)20(3,4)8-2)25-19(22)12-10-15-9-11-16-17(13-15)24-14-23-16/h9-13,18H,7-8,14H2,1-6H3/b12-10+. The fourth-order valence-electron chi connectivity index (χ4n) is 2.99. The molecule has 0 bridgehead atoms. The Kier molecular flexibility index (Phi) is 5.81. The monoisotopic (exact) mass is 346 g/mol. The molecular weight excluding hydrogens is 316 g/mol. The van der Waals surface area contributed by atoms with Crippen LogP contribution in [0.4, 0.5) is 0 Å². The molecule has 0 aliphatic carbocycles. The van der Waals surface area contributed by atoms with Crippen molar-refractivity contribution in [2.75, 3.05) is 6.79 Å². The molecule has 1 heterocycles. The molecule has 1 aliphatic rings. The van der Waals surface area contributed by atoms with Gasteiger partial charge in [0.15, 0.2) is 11.5 Å².